The number of allylic oxidation sites excluding steroid dienone is 1. The van der Waals surface area contributed by atoms with Crippen molar-refractivity contribution in [3.63, 3.8) is 0 Å². The average molecular weight is 565 g/mol. The third-order valence-electron chi connectivity index (χ3n) is 7.73. The van der Waals surface area contributed by atoms with Gasteiger partial charge >= 0.3 is 0 Å². The molecule has 1 amide bonds. The fraction of sp³-hybridized carbons (Fsp3) is 0.258. The number of pyridine rings is 1. The van der Waals surface area contributed by atoms with E-state index in [1.165, 1.54) is 11.8 Å². The molecule has 2 aliphatic rings. The van der Waals surface area contributed by atoms with Gasteiger partial charge in [0, 0.05) is 27.9 Å². The summed E-state index contributed by atoms with van der Waals surface area (Å²) in [5, 5.41) is 17.9. The summed E-state index contributed by atoms with van der Waals surface area (Å²) in [6, 6.07) is 22.1. The maximum Gasteiger partial charge on any atom is 0.234 e. The molecule has 4 aromatic rings. The molecule has 0 saturated heterocycles. The number of nitrogens with zero attached hydrogens (tertiary/aromatic N) is 4. The van der Waals surface area contributed by atoms with Gasteiger partial charge in [0.15, 0.2) is 0 Å². The summed E-state index contributed by atoms with van der Waals surface area (Å²) in [7, 11) is 0. The second-order valence-corrected chi connectivity index (χ2v) is 12.0. The second-order valence-electron chi connectivity index (χ2n) is 10.1. The van der Waals surface area contributed by atoms with E-state index in [9.17, 15) is 10.1 Å². The lowest BCUT2D eigenvalue weighted by atomic mass is 9.61. The molecule has 1 atom stereocenters. The zero-order valence-electron chi connectivity index (χ0n) is 21.8. The van der Waals surface area contributed by atoms with Crippen LogP contribution in [0.25, 0.3) is 22.2 Å². The maximum atomic E-state index is 13.0. The minimum absolute atomic E-state index is 0.108. The Bertz CT molecular complexity index is 1660. The molecule has 1 fully saturated rings. The van der Waals surface area contributed by atoms with Gasteiger partial charge in [-0.3, -0.25) is 9.78 Å². The molecule has 2 aromatic carbocycles. The fourth-order valence-electron chi connectivity index (χ4n) is 5.91. The highest BCUT2D eigenvalue weighted by Crippen LogP contribution is 2.56. The van der Waals surface area contributed by atoms with E-state index in [-0.39, 0.29) is 17.6 Å². The molecule has 0 bridgehead atoms. The van der Waals surface area contributed by atoms with Gasteiger partial charge in [-0.2, -0.15) is 5.26 Å². The van der Waals surface area contributed by atoms with Crippen LogP contribution in [0.15, 0.2) is 87.8 Å². The molecule has 2 aromatic heterocycles. The number of para-hydroxylation sites is 1. The first-order valence-electron chi connectivity index (χ1n) is 13.4. The van der Waals surface area contributed by atoms with Crippen molar-refractivity contribution in [3.05, 3.63) is 87.9 Å². The van der Waals surface area contributed by atoms with Crippen LogP contribution in [0.4, 0.5) is 5.69 Å². The number of nitriles is 1. The van der Waals surface area contributed by atoms with Gasteiger partial charge < -0.3 is 11.1 Å². The molecule has 0 radical (unpaired) electrons. The molecule has 1 aliphatic heterocycles. The number of carbonyl (C=O) groups excluding carboxylic acids is 1. The molecule has 200 valence electrons. The van der Waals surface area contributed by atoms with Gasteiger partial charge in [-0.25, -0.2) is 9.98 Å². The summed E-state index contributed by atoms with van der Waals surface area (Å²) in [5.74, 6) is 0.131. The smallest absolute Gasteiger partial charge is 0.234 e. The predicted octanol–water partition coefficient (Wildman–Crippen LogP) is 6.87. The predicted molar refractivity (Wildman–Crippen MR) is 163 cm³/mol. The number of hydrogen-bond donors (Lipinski definition) is 2. The minimum Gasteiger partial charge on any atom is -0.387 e. The van der Waals surface area contributed by atoms with Crippen LogP contribution < -0.4 is 11.1 Å². The van der Waals surface area contributed by atoms with Gasteiger partial charge in [0.05, 0.1) is 40.2 Å². The van der Waals surface area contributed by atoms with Gasteiger partial charge in [0.25, 0.3) is 0 Å². The van der Waals surface area contributed by atoms with E-state index in [2.05, 4.69) is 21.8 Å². The lowest BCUT2D eigenvalue weighted by molar-refractivity contribution is -0.113. The molecular weight excluding hydrogens is 537 g/mol. The Morgan fingerprint density at radius 3 is 2.70 bits per heavy atom. The highest BCUT2D eigenvalue weighted by atomic mass is 32.2. The number of amidine groups is 1. The fourth-order valence-corrected chi connectivity index (χ4v) is 7.87. The Labute approximate surface area is 241 Å². The molecule has 1 spiro atoms. The van der Waals surface area contributed by atoms with E-state index in [1.807, 2.05) is 60.7 Å². The molecule has 7 nitrogen and oxygen atoms in total. The number of fused-ring (bicyclic) bond motifs is 1. The summed E-state index contributed by atoms with van der Waals surface area (Å²) < 4.78 is 0. The Kier molecular flexibility index (Phi) is 7.37. The number of thioether (sulfide) groups is 1. The van der Waals surface area contributed by atoms with Crippen LogP contribution >= 0.6 is 23.1 Å². The largest absolute Gasteiger partial charge is 0.387 e. The minimum atomic E-state index is -0.469. The lowest BCUT2D eigenvalue weighted by Gasteiger charge is -2.44. The maximum absolute atomic E-state index is 13.0. The molecule has 3 heterocycles. The number of nitrogens with two attached hydrogens (primary N) is 1. The van der Waals surface area contributed by atoms with Gasteiger partial charge in [0.1, 0.15) is 15.9 Å². The highest BCUT2D eigenvalue weighted by molar-refractivity contribution is 8.03. The molecule has 6 rings (SSSR count). The first-order valence-corrected chi connectivity index (χ1v) is 15.2. The van der Waals surface area contributed by atoms with Crippen molar-refractivity contribution in [3.8, 4) is 17.3 Å². The van der Waals surface area contributed by atoms with Crippen LogP contribution in [0.1, 0.15) is 43.0 Å². The zero-order chi connectivity index (χ0) is 27.5. The van der Waals surface area contributed by atoms with E-state index in [0.29, 0.717) is 22.1 Å². The lowest BCUT2D eigenvalue weighted by Crippen LogP contribution is -2.43. The number of benzene rings is 2. The summed E-state index contributed by atoms with van der Waals surface area (Å²) in [6.07, 6.45) is 6.55. The number of rotatable bonds is 6. The van der Waals surface area contributed by atoms with E-state index >= 15 is 0 Å². The van der Waals surface area contributed by atoms with Crippen LogP contribution in [-0.4, -0.2) is 27.5 Å². The number of hydrogen-bond acceptors (Lipinski definition) is 8. The Hall–Kier alpha value is -4.00. The van der Waals surface area contributed by atoms with Crippen molar-refractivity contribution in [1.29, 1.82) is 5.26 Å². The third kappa shape index (κ3) is 4.89. The summed E-state index contributed by atoms with van der Waals surface area (Å²) in [6.45, 7) is 0. The van der Waals surface area contributed by atoms with Crippen molar-refractivity contribution >= 4 is 51.4 Å². The Morgan fingerprint density at radius 1 is 1.10 bits per heavy atom. The monoisotopic (exact) mass is 564 g/mol. The Morgan fingerprint density at radius 2 is 1.90 bits per heavy atom. The summed E-state index contributed by atoms with van der Waals surface area (Å²) in [5.41, 5.74) is 10.2. The first-order chi connectivity index (χ1) is 19.6. The molecule has 40 heavy (non-hydrogen) atoms. The van der Waals surface area contributed by atoms with Crippen LogP contribution in [0.5, 0.6) is 0 Å². The molecule has 3 N–H and O–H groups in total. The van der Waals surface area contributed by atoms with E-state index in [4.69, 9.17) is 15.7 Å². The average Bonchev–Trinajstić information content (AvgIpc) is 3.47. The van der Waals surface area contributed by atoms with Gasteiger partial charge in [-0.1, -0.05) is 79.6 Å². The van der Waals surface area contributed by atoms with Crippen molar-refractivity contribution in [2.24, 2.45) is 16.1 Å². The van der Waals surface area contributed by atoms with E-state index in [0.717, 1.165) is 59.3 Å². The number of anilines is 1. The van der Waals surface area contributed by atoms with Crippen molar-refractivity contribution in [1.82, 2.24) is 9.97 Å². The first kappa shape index (κ1) is 26.2. The molecule has 1 aliphatic carbocycles. The van der Waals surface area contributed by atoms with Gasteiger partial charge in [0.2, 0.25) is 5.91 Å². The number of nitrogens with one attached hydrogen (secondary N) is 1. The van der Waals surface area contributed by atoms with Gasteiger partial charge in [-0.05, 0) is 25.0 Å². The van der Waals surface area contributed by atoms with Crippen LogP contribution in [0.2, 0.25) is 0 Å². The quantitative estimate of drug-likeness (QED) is 0.264. The second kappa shape index (κ2) is 11.2. The third-order valence-corrected chi connectivity index (χ3v) is 9.62. The molecule has 1 saturated carbocycles. The summed E-state index contributed by atoms with van der Waals surface area (Å²) >= 11 is 2.85. The standard InChI is InChI=1S/C31H28N6OS2/c32-17-22-29(40-19-25(38)35-23-13-7-11-21-12-8-16-34-27(21)23)37-28(33)26(31(22)14-5-2-6-15-31)30-36-24(18-39-30)20-9-3-1-4-10-20/h1,3-4,7-13,16,18,26H,2,5-6,14-15,19H2,(H2,33,37)(H,35,38)/t26-/m1/s1. The number of carbonyl (C=O) groups is 1. The van der Waals surface area contributed by atoms with Crippen molar-refractivity contribution in [2.75, 3.05) is 11.1 Å². The highest BCUT2D eigenvalue weighted by Gasteiger charge is 2.50. The van der Waals surface area contributed by atoms with E-state index in [1.54, 1.807) is 17.5 Å². The zero-order valence-corrected chi connectivity index (χ0v) is 23.5. The molecule has 0 unspecified atom stereocenters. The molecular formula is C31H28N6OS2. The van der Waals surface area contributed by atoms with Crippen LogP contribution in [-0.2, 0) is 4.79 Å². The van der Waals surface area contributed by atoms with Crippen LogP contribution in [0, 0.1) is 16.7 Å². The normalized spacial score (nSPS) is 18.4. The number of aliphatic imine (C=N–C) groups is 1. The number of aromatic nitrogens is 2. The van der Waals surface area contributed by atoms with Gasteiger partial charge in [-0.15, -0.1) is 11.3 Å². The SMILES string of the molecule is N#CC1=C(SCC(=O)Nc2cccc3cccnc23)N=C(N)[C@H](c2nc(-c3ccccc3)cs2)C12CCCCC2. The van der Waals surface area contributed by atoms with E-state index < -0.39 is 5.41 Å². The van der Waals surface area contributed by atoms with Crippen molar-refractivity contribution < 1.29 is 4.79 Å². The topological polar surface area (TPSA) is 117 Å². The number of thiazole rings is 1. The summed E-state index contributed by atoms with van der Waals surface area (Å²) in [4.78, 5) is 27.2. The number of amides is 1. The van der Waals surface area contributed by atoms with Crippen LogP contribution in [0.3, 0.4) is 0 Å². The Balaban J connectivity index is 1.28. The van der Waals surface area contributed by atoms with Crippen molar-refractivity contribution in [2.45, 2.75) is 38.0 Å². The molecule has 9 heteroatoms.